The summed E-state index contributed by atoms with van der Waals surface area (Å²) in [6, 6.07) is 11.6. The Bertz CT molecular complexity index is 865. The summed E-state index contributed by atoms with van der Waals surface area (Å²) in [5.74, 6) is -0.565. The Balaban J connectivity index is 2.10. The van der Waals surface area contributed by atoms with Crippen molar-refractivity contribution < 1.29 is 32.3 Å². The summed E-state index contributed by atoms with van der Waals surface area (Å²) in [5.41, 5.74) is 3.90. The maximum Gasteiger partial charge on any atom is 0.416 e. The van der Waals surface area contributed by atoms with E-state index in [1.807, 2.05) is 0 Å². The van der Waals surface area contributed by atoms with E-state index in [0.29, 0.717) is 16.7 Å². The van der Waals surface area contributed by atoms with Gasteiger partial charge in [-0.05, 0) is 35.7 Å². The van der Waals surface area contributed by atoms with Crippen LogP contribution in [0.25, 0.3) is 5.57 Å². The van der Waals surface area contributed by atoms with Crippen LogP contribution >= 0.6 is 0 Å². The molecule has 1 unspecified atom stereocenters. The zero-order valence-corrected chi connectivity index (χ0v) is 16.2. The van der Waals surface area contributed by atoms with Crippen molar-refractivity contribution in [3.05, 3.63) is 77.0 Å². The highest BCUT2D eigenvalue weighted by molar-refractivity contribution is 6.16. The smallest absolute Gasteiger partial charge is 0.416 e. The molecular weight excluding hydrogens is 387 g/mol. The number of hydrogen-bond donors (Lipinski definition) is 1. The Hall–Kier alpha value is -2.84. The molecule has 0 saturated carbocycles. The van der Waals surface area contributed by atoms with E-state index in [2.05, 4.69) is 5.48 Å². The van der Waals surface area contributed by atoms with E-state index in [0.717, 1.165) is 12.1 Å². The van der Waals surface area contributed by atoms with Crippen LogP contribution in [0.5, 0.6) is 0 Å². The molecule has 1 N–H and O–H groups in total. The van der Waals surface area contributed by atoms with Crippen molar-refractivity contribution in [1.29, 1.82) is 0 Å². The molecule has 2 rings (SSSR count). The Morgan fingerprint density at radius 3 is 2.52 bits per heavy atom. The second-order valence-corrected chi connectivity index (χ2v) is 6.17. The van der Waals surface area contributed by atoms with E-state index in [9.17, 15) is 18.0 Å². The zero-order chi connectivity index (χ0) is 21.4. The van der Waals surface area contributed by atoms with Crippen molar-refractivity contribution in [2.45, 2.75) is 25.7 Å². The van der Waals surface area contributed by atoms with Gasteiger partial charge in [0.15, 0.2) is 0 Å². The third-order valence-corrected chi connectivity index (χ3v) is 4.15. The lowest BCUT2D eigenvalue weighted by Gasteiger charge is -2.17. The van der Waals surface area contributed by atoms with Gasteiger partial charge in [-0.2, -0.15) is 18.7 Å². The van der Waals surface area contributed by atoms with Crippen LogP contribution in [0.4, 0.5) is 13.2 Å². The topological polar surface area (TPSA) is 56.8 Å². The number of carbonyl (C=O) groups excluding carboxylic acids is 1. The van der Waals surface area contributed by atoms with Gasteiger partial charge in [0, 0.05) is 0 Å². The number of esters is 1. The van der Waals surface area contributed by atoms with Gasteiger partial charge < -0.3 is 9.47 Å². The Morgan fingerprint density at radius 2 is 1.86 bits per heavy atom. The van der Waals surface area contributed by atoms with Crippen molar-refractivity contribution in [2.75, 3.05) is 14.2 Å². The molecule has 0 aliphatic rings. The summed E-state index contributed by atoms with van der Waals surface area (Å²) >= 11 is 0. The average molecular weight is 409 g/mol. The van der Waals surface area contributed by atoms with Gasteiger partial charge in [0.2, 0.25) is 0 Å². The second kappa shape index (κ2) is 10.1. The third-order valence-electron chi connectivity index (χ3n) is 4.15. The molecule has 2 aromatic rings. The number of methoxy groups -OCH3 is 2. The van der Waals surface area contributed by atoms with Crippen molar-refractivity contribution in [3.8, 4) is 0 Å². The number of alkyl halides is 3. The first kappa shape index (κ1) is 22.4. The van der Waals surface area contributed by atoms with E-state index in [1.165, 1.54) is 26.5 Å². The average Bonchev–Trinajstić information content (AvgIpc) is 2.71. The van der Waals surface area contributed by atoms with Gasteiger partial charge in [0.25, 0.3) is 0 Å². The summed E-state index contributed by atoms with van der Waals surface area (Å²) < 4.78 is 48.4. The Kier molecular flexibility index (Phi) is 7.81. The molecule has 0 spiro atoms. The minimum Gasteiger partial charge on any atom is -0.503 e. The third kappa shape index (κ3) is 6.07. The number of hydroxylamine groups is 1. The van der Waals surface area contributed by atoms with Crippen molar-refractivity contribution in [1.82, 2.24) is 5.48 Å². The fraction of sp³-hybridized carbons (Fsp3) is 0.286. The lowest BCUT2D eigenvalue weighted by molar-refractivity contribution is -0.137. The Morgan fingerprint density at radius 1 is 1.14 bits per heavy atom. The largest absolute Gasteiger partial charge is 0.503 e. The number of carbonyl (C=O) groups is 1. The van der Waals surface area contributed by atoms with E-state index in [4.69, 9.17) is 14.3 Å². The fourth-order valence-corrected chi connectivity index (χ4v) is 2.66. The summed E-state index contributed by atoms with van der Waals surface area (Å²) in [7, 11) is 2.68. The minimum absolute atomic E-state index is 0.0670. The van der Waals surface area contributed by atoms with Crippen LogP contribution in [-0.4, -0.2) is 20.2 Å². The van der Waals surface area contributed by atoms with Gasteiger partial charge in [0.05, 0.1) is 38.7 Å². The van der Waals surface area contributed by atoms with E-state index < -0.39 is 23.8 Å². The summed E-state index contributed by atoms with van der Waals surface area (Å²) in [6.45, 7) is 1.75. The number of benzene rings is 2. The molecule has 2 aromatic carbocycles. The van der Waals surface area contributed by atoms with Crippen molar-refractivity contribution >= 4 is 11.5 Å². The predicted octanol–water partition coefficient (Wildman–Crippen LogP) is 4.65. The summed E-state index contributed by atoms with van der Waals surface area (Å²) in [5, 5.41) is 0. The molecule has 0 saturated heterocycles. The van der Waals surface area contributed by atoms with Gasteiger partial charge in [0.1, 0.15) is 5.57 Å². The van der Waals surface area contributed by atoms with Gasteiger partial charge >= 0.3 is 12.1 Å². The molecule has 0 aromatic heterocycles. The molecule has 0 bridgehead atoms. The molecule has 156 valence electrons. The minimum atomic E-state index is -4.41. The molecule has 1 atom stereocenters. The second-order valence-electron chi connectivity index (χ2n) is 6.17. The van der Waals surface area contributed by atoms with Gasteiger partial charge in [-0.3, -0.25) is 4.84 Å². The molecule has 0 aliphatic carbocycles. The normalized spacial score (nSPS) is 13.1. The molecule has 5 nitrogen and oxygen atoms in total. The standard InChI is InChI=1S/C21H22F3NO4/c1-14(15-8-6-9-17(11-15)21(22,23)24)25-29-12-16-7-4-5-10-18(16)19(13-27-2)20(26)28-3/h4-11,13-14,25H,12H2,1-3H3/b19-13+. The van der Waals surface area contributed by atoms with Crippen LogP contribution in [0.15, 0.2) is 54.8 Å². The molecule has 29 heavy (non-hydrogen) atoms. The van der Waals surface area contributed by atoms with E-state index >= 15 is 0 Å². The number of hydrogen-bond acceptors (Lipinski definition) is 5. The number of rotatable bonds is 8. The first-order chi connectivity index (χ1) is 13.8. The van der Waals surface area contributed by atoms with Crippen LogP contribution in [0, 0.1) is 0 Å². The van der Waals surface area contributed by atoms with Crippen LogP contribution in [0.1, 0.15) is 35.2 Å². The lowest BCUT2D eigenvalue weighted by atomic mass is 10.0. The van der Waals surface area contributed by atoms with Crippen LogP contribution in [0.2, 0.25) is 0 Å². The monoisotopic (exact) mass is 409 g/mol. The maximum absolute atomic E-state index is 12.9. The fourth-order valence-electron chi connectivity index (χ4n) is 2.66. The zero-order valence-electron chi connectivity index (χ0n) is 16.2. The molecule has 0 radical (unpaired) electrons. The Labute approximate surface area is 167 Å². The quantitative estimate of drug-likeness (QED) is 0.298. The van der Waals surface area contributed by atoms with Crippen molar-refractivity contribution in [3.63, 3.8) is 0 Å². The van der Waals surface area contributed by atoms with Crippen LogP contribution in [-0.2, 0) is 31.9 Å². The van der Waals surface area contributed by atoms with Gasteiger partial charge in [-0.25, -0.2) is 4.79 Å². The molecule has 0 aliphatic heterocycles. The van der Waals surface area contributed by atoms with Crippen LogP contribution < -0.4 is 5.48 Å². The predicted molar refractivity (Wildman–Crippen MR) is 101 cm³/mol. The highest BCUT2D eigenvalue weighted by atomic mass is 19.4. The molecular formula is C21H22F3NO4. The summed E-state index contributed by atoms with van der Waals surface area (Å²) in [4.78, 5) is 17.5. The molecule has 8 heteroatoms. The molecule has 0 heterocycles. The molecule has 0 amide bonds. The highest BCUT2D eigenvalue weighted by Crippen LogP contribution is 2.30. The van der Waals surface area contributed by atoms with Gasteiger partial charge in [-0.1, -0.05) is 36.4 Å². The van der Waals surface area contributed by atoms with Crippen LogP contribution in [0.3, 0.4) is 0 Å². The molecule has 0 fully saturated rings. The number of nitrogens with one attached hydrogen (secondary N) is 1. The first-order valence-corrected chi connectivity index (χ1v) is 8.72. The van der Waals surface area contributed by atoms with Crippen molar-refractivity contribution in [2.24, 2.45) is 0 Å². The number of halogens is 3. The number of ether oxygens (including phenoxy) is 2. The highest BCUT2D eigenvalue weighted by Gasteiger charge is 2.30. The maximum atomic E-state index is 12.9. The summed E-state index contributed by atoms with van der Waals surface area (Å²) in [6.07, 6.45) is -3.13. The van der Waals surface area contributed by atoms with E-state index in [-0.39, 0.29) is 12.2 Å². The van der Waals surface area contributed by atoms with E-state index in [1.54, 1.807) is 37.3 Å². The lowest BCUT2D eigenvalue weighted by Crippen LogP contribution is -2.20. The first-order valence-electron chi connectivity index (χ1n) is 8.72. The van der Waals surface area contributed by atoms with Gasteiger partial charge in [-0.15, -0.1) is 0 Å². The SMILES string of the molecule is CO/C=C(/C(=O)OC)c1ccccc1CONC(C)c1cccc(C(F)(F)F)c1.